The molecule has 4 aromatic heterocycles. The van der Waals surface area contributed by atoms with Crippen molar-refractivity contribution >= 4 is 27.2 Å². The van der Waals surface area contributed by atoms with E-state index < -0.39 is 0 Å². The van der Waals surface area contributed by atoms with Gasteiger partial charge >= 0.3 is 0 Å². The van der Waals surface area contributed by atoms with Crippen LogP contribution >= 0.6 is 11.3 Å². The fraction of sp³-hybridized carbons (Fsp3) is 0.412. The highest BCUT2D eigenvalue weighted by Gasteiger charge is 2.19. The maximum absolute atomic E-state index is 4.70. The molecule has 128 valence electrons. The third-order valence-corrected chi connectivity index (χ3v) is 5.98. The van der Waals surface area contributed by atoms with Crippen molar-refractivity contribution < 1.29 is 0 Å². The van der Waals surface area contributed by atoms with Crippen LogP contribution in [-0.2, 0) is 0 Å². The first kappa shape index (κ1) is 15.0. The lowest BCUT2D eigenvalue weighted by Gasteiger charge is -2.21. The van der Waals surface area contributed by atoms with Gasteiger partial charge in [0.1, 0.15) is 5.52 Å². The van der Waals surface area contributed by atoms with Crippen molar-refractivity contribution in [1.82, 2.24) is 34.7 Å². The summed E-state index contributed by atoms with van der Waals surface area (Å²) >= 11 is 1.85. The van der Waals surface area contributed by atoms with E-state index in [-0.39, 0.29) is 0 Å². The Kier molecular flexibility index (Phi) is 3.36. The molecular weight excluding hydrogens is 334 g/mol. The summed E-state index contributed by atoms with van der Waals surface area (Å²) in [6.07, 6.45) is 6.35. The Bertz CT molecular complexity index is 1040. The SMILES string of the molecule is Cc1cn2nc(-n3cc4sc(C5CCNCC5)cc4n3)nc2c(C)n1. The molecule has 0 radical (unpaired) electrons. The second kappa shape index (κ2) is 5.60. The number of hydrogen-bond donors (Lipinski definition) is 1. The van der Waals surface area contributed by atoms with Crippen LogP contribution in [0.25, 0.3) is 21.8 Å². The Hall–Kier alpha value is -2.32. The molecule has 0 aliphatic carbocycles. The molecule has 7 nitrogen and oxygen atoms in total. The van der Waals surface area contributed by atoms with Crippen LogP contribution < -0.4 is 5.32 Å². The highest BCUT2D eigenvalue weighted by Crippen LogP contribution is 2.34. The fourth-order valence-electron chi connectivity index (χ4n) is 3.52. The normalized spacial score (nSPS) is 16.2. The first-order valence-corrected chi connectivity index (χ1v) is 9.40. The number of aromatic nitrogens is 6. The molecule has 1 aliphatic heterocycles. The molecule has 0 saturated carbocycles. The molecule has 0 amide bonds. The van der Waals surface area contributed by atoms with E-state index in [2.05, 4.69) is 26.4 Å². The van der Waals surface area contributed by atoms with Crippen molar-refractivity contribution in [2.24, 2.45) is 0 Å². The first-order valence-electron chi connectivity index (χ1n) is 8.58. The van der Waals surface area contributed by atoms with Gasteiger partial charge in [0.2, 0.25) is 0 Å². The third kappa shape index (κ3) is 2.52. The molecule has 5 rings (SSSR count). The van der Waals surface area contributed by atoms with Crippen LogP contribution in [0.1, 0.15) is 35.0 Å². The topological polar surface area (TPSA) is 72.9 Å². The average Bonchev–Trinajstić information content (AvgIpc) is 3.27. The summed E-state index contributed by atoms with van der Waals surface area (Å²) in [6, 6.07) is 2.24. The van der Waals surface area contributed by atoms with Gasteiger partial charge in [-0.1, -0.05) is 0 Å². The second-order valence-electron chi connectivity index (χ2n) is 6.64. The summed E-state index contributed by atoms with van der Waals surface area (Å²) in [5, 5.41) is 12.7. The highest BCUT2D eigenvalue weighted by molar-refractivity contribution is 7.19. The maximum atomic E-state index is 4.70. The zero-order chi connectivity index (χ0) is 17.0. The van der Waals surface area contributed by atoms with Crippen LogP contribution in [0.15, 0.2) is 18.5 Å². The lowest BCUT2D eigenvalue weighted by Crippen LogP contribution is -2.26. The number of aryl methyl sites for hydroxylation is 2. The van der Waals surface area contributed by atoms with Crippen LogP contribution in [0.2, 0.25) is 0 Å². The molecule has 0 unspecified atom stereocenters. The number of hydrogen-bond acceptors (Lipinski definition) is 6. The van der Waals surface area contributed by atoms with E-state index in [0.29, 0.717) is 11.9 Å². The van der Waals surface area contributed by atoms with Gasteiger partial charge in [-0.25, -0.2) is 9.20 Å². The second-order valence-corrected chi connectivity index (χ2v) is 7.76. The van der Waals surface area contributed by atoms with Gasteiger partial charge in [-0.05, 0) is 51.8 Å². The molecule has 1 N–H and O–H groups in total. The number of nitrogens with zero attached hydrogens (tertiary/aromatic N) is 6. The molecule has 1 aliphatic rings. The summed E-state index contributed by atoms with van der Waals surface area (Å²) in [6.45, 7) is 6.13. The van der Waals surface area contributed by atoms with Gasteiger partial charge < -0.3 is 5.32 Å². The number of thiophene rings is 1. The summed E-state index contributed by atoms with van der Waals surface area (Å²) in [5.74, 6) is 1.25. The number of fused-ring (bicyclic) bond motifs is 2. The smallest absolute Gasteiger partial charge is 0.270 e. The van der Waals surface area contributed by atoms with Gasteiger partial charge in [0, 0.05) is 4.88 Å². The van der Waals surface area contributed by atoms with Crippen LogP contribution in [-0.4, -0.2) is 42.5 Å². The van der Waals surface area contributed by atoms with Crippen molar-refractivity contribution in [3.05, 3.63) is 34.7 Å². The monoisotopic (exact) mass is 353 g/mol. The van der Waals surface area contributed by atoms with E-state index in [1.807, 2.05) is 37.6 Å². The standard InChI is InChI=1S/C17H19N7S/c1-10-8-23-16(11(2)19-10)20-17(22-23)24-9-15-13(21-24)7-14(25-15)12-3-5-18-6-4-12/h7-9,12,18H,3-6H2,1-2H3. The van der Waals surface area contributed by atoms with Gasteiger partial charge in [0.25, 0.3) is 5.95 Å². The molecular formula is C17H19N7S. The van der Waals surface area contributed by atoms with Gasteiger partial charge in [0.05, 0.1) is 28.5 Å². The number of rotatable bonds is 2. The van der Waals surface area contributed by atoms with Crippen LogP contribution in [0, 0.1) is 13.8 Å². The molecule has 0 bridgehead atoms. The van der Waals surface area contributed by atoms with Crippen molar-refractivity contribution in [2.75, 3.05) is 13.1 Å². The predicted octanol–water partition coefficient (Wildman–Crippen LogP) is 2.61. The highest BCUT2D eigenvalue weighted by atomic mass is 32.1. The third-order valence-electron chi connectivity index (χ3n) is 4.76. The van der Waals surface area contributed by atoms with Gasteiger partial charge in [-0.2, -0.15) is 10.1 Å². The Morgan fingerprint density at radius 1 is 1.12 bits per heavy atom. The minimum absolute atomic E-state index is 0.585. The van der Waals surface area contributed by atoms with Crippen LogP contribution in [0.5, 0.6) is 0 Å². The van der Waals surface area contributed by atoms with E-state index in [4.69, 9.17) is 5.10 Å². The Balaban J connectivity index is 1.52. The summed E-state index contributed by atoms with van der Waals surface area (Å²) < 4.78 is 4.75. The lowest BCUT2D eigenvalue weighted by molar-refractivity contribution is 0.465. The predicted molar refractivity (Wildman–Crippen MR) is 97.6 cm³/mol. The zero-order valence-electron chi connectivity index (χ0n) is 14.2. The molecule has 0 atom stereocenters. The minimum Gasteiger partial charge on any atom is -0.317 e. The molecule has 4 aromatic rings. The molecule has 1 saturated heterocycles. The molecule has 25 heavy (non-hydrogen) atoms. The lowest BCUT2D eigenvalue weighted by atomic mass is 9.96. The molecule has 1 fully saturated rings. The molecule has 0 spiro atoms. The van der Waals surface area contributed by atoms with E-state index in [0.717, 1.165) is 35.6 Å². The Labute approximate surface area is 148 Å². The van der Waals surface area contributed by atoms with E-state index in [1.165, 1.54) is 22.4 Å². The quantitative estimate of drug-likeness (QED) is 0.600. The zero-order valence-corrected chi connectivity index (χ0v) is 15.0. The van der Waals surface area contributed by atoms with Crippen molar-refractivity contribution in [3.8, 4) is 5.95 Å². The summed E-state index contributed by atoms with van der Waals surface area (Å²) in [4.78, 5) is 10.5. The number of piperidine rings is 1. The van der Waals surface area contributed by atoms with Crippen molar-refractivity contribution in [1.29, 1.82) is 0 Å². The van der Waals surface area contributed by atoms with Crippen molar-refractivity contribution in [3.63, 3.8) is 0 Å². The minimum atomic E-state index is 0.585. The van der Waals surface area contributed by atoms with Crippen LogP contribution in [0.4, 0.5) is 0 Å². The van der Waals surface area contributed by atoms with E-state index in [1.54, 1.807) is 9.20 Å². The molecule has 5 heterocycles. The van der Waals surface area contributed by atoms with Gasteiger partial charge in [-0.3, -0.25) is 4.98 Å². The summed E-state index contributed by atoms with van der Waals surface area (Å²) in [7, 11) is 0. The summed E-state index contributed by atoms with van der Waals surface area (Å²) in [5.41, 5.74) is 3.61. The average molecular weight is 353 g/mol. The Morgan fingerprint density at radius 2 is 1.96 bits per heavy atom. The first-order chi connectivity index (χ1) is 12.2. The molecule has 8 heteroatoms. The number of nitrogens with one attached hydrogen (secondary N) is 1. The van der Waals surface area contributed by atoms with Crippen molar-refractivity contribution in [2.45, 2.75) is 32.6 Å². The molecule has 0 aromatic carbocycles. The van der Waals surface area contributed by atoms with Crippen LogP contribution in [0.3, 0.4) is 0 Å². The largest absolute Gasteiger partial charge is 0.317 e. The van der Waals surface area contributed by atoms with E-state index in [9.17, 15) is 0 Å². The van der Waals surface area contributed by atoms with Gasteiger partial charge in [-0.15, -0.1) is 16.4 Å². The fourth-order valence-corrected chi connectivity index (χ4v) is 4.70. The Morgan fingerprint density at radius 3 is 2.76 bits per heavy atom. The van der Waals surface area contributed by atoms with Gasteiger partial charge in [0.15, 0.2) is 5.65 Å². The maximum Gasteiger partial charge on any atom is 0.270 e. The van der Waals surface area contributed by atoms with E-state index >= 15 is 0 Å².